The van der Waals surface area contributed by atoms with Crippen LogP contribution < -0.4 is 5.32 Å². The van der Waals surface area contributed by atoms with Crippen molar-refractivity contribution >= 4 is 11.6 Å². The van der Waals surface area contributed by atoms with Crippen LogP contribution >= 0.6 is 0 Å². The van der Waals surface area contributed by atoms with Gasteiger partial charge in [-0.05, 0) is 43.7 Å². The number of nitrogens with zero attached hydrogens (tertiary/aromatic N) is 3. The van der Waals surface area contributed by atoms with Gasteiger partial charge in [-0.2, -0.15) is 4.98 Å². The van der Waals surface area contributed by atoms with E-state index >= 15 is 0 Å². The van der Waals surface area contributed by atoms with Gasteiger partial charge >= 0.3 is 0 Å². The number of benzene rings is 2. The third kappa shape index (κ3) is 5.29. The third-order valence-corrected chi connectivity index (χ3v) is 5.24. The number of nitrogens with one attached hydrogen (secondary N) is 1. The van der Waals surface area contributed by atoms with E-state index in [1.165, 1.54) is 18.2 Å². The molecule has 0 aliphatic carbocycles. The number of piperidine rings is 1. The number of likely N-dealkylation sites (tertiary alicyclic amines) is 1. The summed E-state index contributed by atoms with van der Waals surface area (Å²) in [5.74, 6) is -1.74. The molecule has 1 saturated heterocycles. The predicted octanol–water partition coefficient (Wildman–Crippen LogP) is 4.36. The van der Waals surface area contributed by atoms with E-state index in [0.29, 0.717) is 30.4 Å². The lowest BCUT2D eigenvalue weighted by molar-refractivity contribution is -0.116. The van der Waals surface area contributed by atoms with E-state index < -0.39 is 11.6 Å². The van der Waals surface area contributed by atoms with Crippen LogP contribution in [0, 0.1) is 17.5 Å². The lowest BCUT2D eigenvalue weighted by Gasteiger charge is -2.30. The summed E-state index contributed by atoms with van der Waals surface area (Å²) in [7, 11) is 0. The Morgan fingerprint density at radius 1 is 1.16 bits per heavy atom. The first-order valence-electron chi connectivity index (χ1n) is 10.0. The van der Waals surface area contributed by atoms with E-state index in [-0.39, 0.29) is 29.8 Å². The zero-order valence-corrected chi connectivity index (χ0v) is 16.7. The first kappa shape index (κ1) is 21.0. The summed E-state index contributed by atoms with van der Waals surface area (Å²) in [6, 6.07) is 9.27. The monoisotopic (exact) mass is 430 g/mol. The molecule has 4 rings (SSSR count). The molecular weight excluding hydrogens is 409 g/mol. The third-order valence-electron chi connectivity index (χ3n) is 5.24. The highest BCUT2D eigenvalue weighted by atomic mass is 19.2. The highest BCUT2D eigenvalue weighted by Crippen LogP contribution is 2.28. The van der Waals surface area contributed by atoms with Crippen molar-refractivity contribution in [1.29, 1.82) is 0 Å². The highest BCUT2D eigenvalue weighted by molar-refractivity contribution is 5.90. The molecule has 2 heterocycles. The fourth-order valence-electron chi connectivity index (χ4n) is 3.66. The topological polar surface area (TPSA) is 71.3 Å². The average Bonchev–Trinajstić information content (AvgIpc) is 3.26. The molecule has 1 atom stereocenters. The van der Waals surface area contributed by atoms with Gasteiger partial charge in [-0.25, -0.2) is 13.2 Å². The first-order valence-corrected chi connectivity index (χ1v) is 10.0. The summed E-state index contributed by atoms with van der Waals surface area (Å²) in [5.41, 5.74) is 0.771. The smallest absolute Gasteiger partial charge is 0.231 e. The van der Waals surface area contributed by atoms with Crippen LogP contribution in [0.2, 0.25) is 0 Å². The Morgan fingerprint density at radius 2 is 2.03 bits per heavy atom. The maximum absolute atomic E-state index is 13.4. The fourth-order valence-corrected chi connectivity index (χ4v) is 3.66. The molecule has 0 saturated carbocycles. The maximum atomic E-state index is 13.4. The van der Waals surface area contributed by atoms with E-state index in [9.17, 15) is 18.0 Å². The molecule has 1 unspecified atom stereocenters. The molecule has 0 radical (unpaired) electrons. The van der Waals surface area contributed by atoms with Crippen molar-refractivity contribution < 1.29 is 22.5 Å². The number of carbonyl (C=O) groups is 1. The van der Waals surface area contributed by atoms with Gasteiger partial charge < -0.3 is 14.7 Å². The largest absolute Gasteiger partial charge is 0.339 e. The van der Waals surface area contributed by atoms with Gasteiger partial charge in [0.15, 0.2) is 11.6 Å². The number of hydrogen-bond donors (Lipinski definition) is 1. The second-order valence-corrected chi connectivity index (χ2v) is 7.53. The standard InChI is InChI=1S/C22H21F3N4O2/c23-16-5-1-3-14(11-16)21-27-22(31-28-21)15-4-2-9-29(13-15)10-8-20(30)26-17-6-7-18(24)19(25)12-17/h1,3,5-7,11-12,15H,2,4,8-10,13H2,(H,26,30). The molecule has 0 spiro atoms. The van der Waals surface area contributed by atoms with Gasteiger partial charge in [0, 0.05) is 36.8 Å². The first-order chi connectivity index (χ1) is 15.0. The minimum Gasteiger partial charge on any atom is -0.339 e. The van der Waals surface area contributed by atoms with Crippen LogP contribution in [0.1, 0.15) is 31.1 Å². The Kier molecular flexibility index (Phi) is 6.31. The second kappa shape index (κ2) is 9.30. The van der Waals surface area contributed by atoms with Crippen LogP contribution in [0.15, 0.2) is 47.0 Å². The molecule has 0 bridgehead atoms. The van der Waals surface area contributed by atoms with Crippen LogP contribution in [0.3, 0.4) is 0 Å². The molecule has 1 aromatic heterocycles. The van der Waals surface area contributed by atoms with Crippen LogP contribution in [-0.4, -0.2) is 40.6 Å². The van der Waals surface area contributed by atoms with E-state index in [0.717, 1.165) is 31.5 Å². The van der Waals surface area contributed by atoms with Gasteiger partial charge in [-0.1, -0.05) is 17.3 Å². The Bertz CT molecular complexity index is 1070. The zero-order valence-electron chi connectivity index (χ0n) is 16.7. The summed E-state index contributed by atoms with van der Waals surface area (Å²) in [6.45, 7) is 2.00. The normalized spacial score (nSPS) is 16.9. The van der Waals surface area contributed by atoms with Gasteiger partial charge in [0.25, 0.3) is 0 Å². The lowest BCUT2D eigenvalue weighted by Crippen LogP contribution is -2.36. The zero-order chi connectivity index (χ0) is 21.8. The maximum Gasteiger partial charge on any atom is 0.231 e. The molecule has 1 N–H and O–H groups in total. The van der Waals surface area contributed by atoms with Crippen molar-refractivity contribution in [2.24, 2.45) is 0 Å². The SMILES string of the molecule is O=C(CCN1CCCC(c2nc(-c3cccc(F)c3)no2)C1)Nc1ccc(F)c(F)c1. The van der Waals surface area contributed by atoms with E-state index in [4.69, 9.17) is 4.52 Å². The number of aromatic nitrogens is 2. The molecule has 1 aliphatic rings. The summed E-state index contributed by atoms with van der Waals surface area (Å²) < 4.78 is 45.1. The summed E-state index contributed by atoms with van der Waals surface area (Å²) in [4.78, 5) is 18.7. The minimum absolute atomic E-state index is 0.0258. The van der Waals surface area contributed by atoms with Gasteiger partial charge in [-0.3, -0.25) is 4.79 Å². The fraction of sp³-hybridized carbons (Fsp3) is 0.318. The molecule has 1 aliphatic heterocycles. The van der Waals surface area contributed by atoms with E-state index in [2.05, 4.69) is 20.4 Å². The Balaban J connectivity index is 1.31. The van der Waals surface area contributed by atoms with Gasteiger partial charge in [0.05, 0.1) is 5.92 Å². The van der Waals surface area contributed by atoms with Crippen molar-refractivity contribution in [2.45, 2.75) is 25.2 Å². The second-order valence-electron chi connectivity index (χ2n) is 7.53. The Morgan fingerprint density at radius 3 is 2.84 bits per heavy atom. The number of hydrogen-bond acceptors (Lipinski definition) is 5. The Hall–Kier alpha value is -3.20. The summed E-state index contributed by atoms with van der Waals surface area (Å²) in [5, 5.41) is 6.54. The van der Waals surface area contributed by atoms with Crippen LogP contribution in [0.5, 0.6) is 0 Å². The lowest BCUT2D eigenvalue weighted by atomic mass is 9.98. The van der Waals surface area contributed by atoms with E-state index in [1.54, 1.807) is 12.1 Å². The van der Waals surface area contributed by atoms with Gasteiger partial charge in [0.1, 0.15) is 5.82 Å². The van der Waals surface area contributed by atoms with Crippen molar-refractivity contribution in [3.05, 3.63) is 65.8 Å². The molecule has 2 aromatic carbocycles. The molecule has 1 amide bonds. The van der Waals surface area contributed by atoms with Crippen LogP contribution in [0.25, 0.3) is 11.4 Å². The number of rotatable bonds is 6. The van der Waals surface area contributed by atoms with Crippen molar-refractivity contribution in [1.82, 2.24) is 15.0 Å². The number of amides is 1. The summed E-state index contributed by atoms with van der Waals surface area (Å²) >= 11 is 0. The van der Waals surface area contributed by atoms with E-state index in [1.807, 2.05) is 0 Å². The predicted molar refractivity (Wildman–Crippen MR) is 108 cm³/mol. The molecular formula is C22H21F3N4O2. The minimum atomic E-state index is -1.01. The van der Waals surface area contributed by atoms with Crippen molar-refractivity contribution in [3.63, 3.8) is 0 Å². The molecule has 3 aromatic rings. The number of halogens is 3. The molecule has 31 heavy (non-hydrogen) atoms. The average molecular weight is 430 g/mol. The highest BCUT2D eigenvalue weighted by Gasteiger charge is 2.26. The van der Waals surface area contributed by atoms with Crippen LogP contribution in [-0.2, 0) is 4.79 Å². The number of carbonyl (C=O) groups excluding carboxylic acids is 1. The van der Waals surface area contributed by atoms with Gasteiger partial charge in [-0.15, -0.1) is 0 Å². The molecule has 9 heteroatoms. The van der Waals surface area contributed by atoms with Crippen molar-refractivity contribution in [3.8, 4) is 11.4 Å². The van der Waals surface area contributed by atoms with Gasteiger partial charge in [0.2, 0.25) is 17.6 Å². The molecule has 6 nitrogen and oxygen atoms in total. The molecule has 162 valence electrons. The summed E-state index contributed by atoms with van der Waals surface area (Å²) in [6.07, 6.45) is 2.00. The quantitative estimate of drug-likeness (QED) is 0.629. The van der Waals surface area contributed by atoms with Crippen molar-refractivity contribution in [2.75, 3.05) is 25.0 Å². The molecule has 1 fully saturated rings. The number of anilines is 1. The Labute approximate surface area is 177 Å². The van der Waals surface area contributed by atoms with Crippen LogP contribution in [0.4, 0.5) is 18.9 Å².